The fourth-order valence-electron chi connectivity index (χ4n) is 4.81. The Labute approximate surface area is 215 Å². The predicted octanol–water partition coefficient (Wildman–Crippen LogP) is 4.18. The first-order valence-electron chi connectivity index (χ1n) is 12.9. The lowest BCUT2D eigenvalue weighted by Gasteiger charge is -2.30. The van der Waals surface area contributed by atoms with Crippen LogP contribution in [-0.4, -0.2) is 84.9 Å². The molecular formula is C29H41NO6. The van der Waals surface area contributed by atoms with Crippen molar-refractivity contribution in [2.75, 3.05) is 74.1 Å². The van der Waals surface area contributed by atoms with E-state index in [9.17, 15) is 4.79 Å². The molecule has 1 aliphatic heterocycles. The molecule has 0 saturated carbocycles. The van der Waals surface area contributed by atoms with Gasteiger partial charge in [-0.15, -0.1) is 0 Å². The normalized spacial score (nSPS) is 13.7. The van der Waals surface area contributed by atoms with Crippen LogP contribution in [0.1, 0.15) is 40.4 Å². The van der Waals surface area contributed by atoms with Crippen molar-refractivity contribution in [3.63, 3.8) is 0 Å². The van der Waals surface area contributed by atoms with Crippen LogP contribution in [0.3, 0.4) is 0 Å². The van der Waals surface area contributed by atoms with Crippen molar-refractivity contribution in [2.24, 2.45) is 0 Å². The van der Waals surface area contributed by atoms with Crippen LogP contribution in [-0.2, 0) is 38.2 Å². The van der Waals surface area contributed by atoms with E-state index in [-0.39, 0.29) is 5.91 Å². The zero-order valence-corrected chi connectivity index (χ0v) is 22.3. The molecule has 7 heteroatoms. The first kappa shape index (κ1) is 28.1. The van der Waals surface area contributed by atoms with Gasteiger partial charge in [0.15, 0.2) is 0 Å². The Balaban J connectivity index is 2.29. The van der Waals surface area contributed by atoms with E-state index in [4.69, 9.17) is 23.7 Å². The van der Waals surface area contributed by atoms with E-state index in [0.717, 1.165) is 58.4 Å². The summed E-state index contributed by atoms with van der Waals surface area (Å²) in [4.78, 5) is 16.0. The van der Waals surface area contributed by atoms with Gasteiger partial charge in [0, 0.05) is 52.2 Å². The second-order valence-corrected chi connectivity index (χ2v) is 8.84. The monoisotopic (exact) mass is 499 g/mol. The lowest BCUT2D eigenvalue weighted by atomic mass is 9.83. The van der Waals surface area contributed by atoms with Crippen LogP contribution in [0.15, 0.2) is 30.3 Å². The minimum absolute atomic E-state index is 0.0604. The van der Waals surface area contributed by atoms with Crippen molar-refractivity contribution in [1.29, 1.82) is 0 Å². The molecule has 0 aliphatic carbocycles. The lowest BCUT2D eigenvalue weighted by Crippen LogP contribution is -2.41. The summed E-state index contributed by atoms with van der Waals surface area (Å²) < 4.78 is 27.9. The fraction of sp³-hybridized carbons (Fsp3) is 0.552. The SMILES string of the molecule is CCOc1ccccc1-c1c(CCOC)cc(CCOC)c(C(=O)N2CCOCC2)c1CCCOC. The van der Waals surface area contributed by atoms with Crippen LogP contribution < -0.4 is 4.74 Å². The average molecular weight is 500 g/mol. The van der Waals surface area contributed by atoms with Gasteiger partial charge in [0.25, 0.3) is 5.91 Å². The minimum Gasteiger partial charge on any atom is -0.493 e. The van der Waals surface area contributed by atoms with E-state index in [1.54, 1.807) is 21.3 Å². The molecule has 7 nitrogen and oxygen atoms in total. The van der Waals surface area contributed by atoms with E-state index < -0.39 is 0 Å². The van der Waals surface area contributed by atoms with Gasteiger partial charge in [-0.2, -0.15) is 0 Å². The minimum atomic E-state index is 0.0604. The zero-order valence-electron chi connectivity index (χ0n) is 22.3. The zero-order chi connectivity index (χ0) is 25.8. The summed E-state index contributed by atoms with van der Waals surface area (Å²) in [7, 11) is 5.13. The average Bonchev–Trinajstić information content (AvgIpc) is 2.91. The molecule has 2 aromatic carbocycles. The summed E-state index contributed by atoms with van der Waals surface area (Å²) >= 11 is 0. The number of methoxy groups -OCH3 is 3. The highest BCUT2D eigenvalue weighted by Gasteiger charge is 2.28. The Morgan fingerprint density at radius 1 is 0.917 bits per heavy atom. The third-order valence-corrected chi connectivity index (χ3v) is 6.49. The first-order valence-corrected chi connectivity index (χ1v) is 12.9. The number of para-hydroxylation sites is 1. The van der Waals surface area contributed by atoms with Gasteiger partial charge in [-0.1, -0.05) is 24.3 Å². The molecule has 2 aromatic rings. The smallest absolute Gasteiger partial charge is 0.254 e. The molecule has 0 atom stereocenters. The van der Waals surface area contributed by atoms with Crippen molar-refractivity contribution in [3.05, 3.63) is 52.6 Å². The highest BCUT2D eigenvalue weighted by Crippen LogP contribution is 2.39. The predicted molar refractivity (Wildman–Crippen MR) is 141 cm³/mol. The Morgan fingerprint density at radius 2 is 1.58 bits per heavy atom. The standard InChI is InChI=1S/C29H41NO6/c1-5-36-26-11-7-6-9-24(26)27-22(12-17-33-3)21-23(13-18-34-4)28(25(27)10-8-16-32-2)29(31)30-14-19-35-20-15-30/h6-7,9,11,21H,5,8,10,12-20H2,1-4H3. The molecule has 0 radical (unpaired) electrons. The van der Waals surface area contributed by atoms with Gasteiger partial charge in [-0.3, -0.25) is 4.79 Å². The maximum absolute atomic E-state index is 14.1. The molecule has 36 heavy (non-hydrogen) atoms. The third-order valence-electron chi connectivity index (χ3n) is 6.49. The molecular weight excluding hydrogens is 458 g/mol. The molecule has 0 bridgehead atoms. The van der Waals surface area contributed by atoms with E-state index in [2.05, 4.69) is 12.1 Å². The number of morpholine rings is 1. The van der Waals surface area contributed by atoms with Gasteiger partial charge in [0.2, 0.25) is 0 Å². The number of carbonyl (C=O) groups is 1. The van der Waals surface area contributed by atoms with Crippen LogP contribution in [0, 0.1) is 0 Å². The van der Waals surface area contributed by atoms with Crippen molar-refractivity contribution in [2.45, 2.75) is 32.6 Å². The third kappa shape index (κ3) is 7.07. The molecule has 1 fully saturated rings. The Hall–Kier alpha value is -2.45. The second-order valence-electron chi connectivity index (χ2n) is 8.84. The quantitative estimate of drug-likeness (QED) is 0.363. The highest BCUT2D eigenvalue weighted by molar-refractivity contribution is 6.00. The molecule has 0 spiro atoms. The molecule has 0 aromatic heterocycles. The summed E-state index contributed by atoms with van der Waals surface area (Å²) in [5.74, 6) is 0.881. The van der Waals surface area contributed by atoms with Crippen LogP contribution in [0.5, 0.6) is 5.75 Å². The van der Waals surface area contributed by atoms with Gasteiger partial charge in [-0.25, -0.2) is 0 Å². The van der Waals surface area contributed by atoms with Crippen LogP contribution in [0.2, 0.25) is 0 Å². The van der Waals surface area contributed by atoms with Crippen LogP contribution in [0.25, 0.3) is 11.1 Å². The van der Waals surface area contributed by atoms with Gasteiger partial charge in [-0.05, 0) is 60.9 Å². The van der Waals surface area contributed by atoms with E-state index >= 15 is 0 Å². The molecule has 1 aliphatic rings. The number of rotatable bonds is 14. The molecule has 0 N–H and O–H groups in total. The Kier molecular flexibility index (Phi) is 11.7. The van der Waals surface area contributed by atoms with Gasteiger partial charge in [0.1, 0.15) is 5.75 Å². The molecule has 3 rings (SSSR count). The number of benzene rings is 2. The molecule has 1 amide bonds. The van der Waals surface area contributed by atoms with Crippen molar-refractivity contribution in [1.82, 2.24) is 4.90 Å². The maximum Gasteiger partial charge on any atom is 0.254 e. The number of hydrogen-bond acceptors (Lipinski definition) is 6. The van der Waals surface area contributed by atoms with Crippen molar-refractivity contribution >= 4 is 5.91 Å². The summed E-state index contributed by atoms with van der Waals surface area (Å²) in [5, 5.41) is 0. The first-order chi connectivity index (χ1) is 17.7. The second kappa shape index (κ2) is 15.0. The summed E-state index contributed by atoms with van der Waals surface area (Å²) in [6.07, 6.45) is 2.92. The van der Waals surface area contributed by atoms with Crippen LogP contribution >= 0.6 is 0 Å². The van der Waals surface area contributed by atoms with Crippen molar-refractivity contribution in [3.8, 4) is 16.9 Å². The summed E-state index contributed by atoms with van der Waals surface area (Å²) in [5.41, 5.74) is 6.09. The molecule has 198 valence electrons. The number of ether oxygens (including phenoxy) is 5. The molecule has 0 unspecified atom stereocenters. The van der Waals surface area contributed by atoms with E-state index in [0.29, 0.717) is 59.2 Å². The van der Waals surface area contributed by atoms with Crippen molar-refractivity contribution < 1.29 is 28.5 Å². The maximum atomic E-state index is 14.1. The number of hydrogen-bond donors (Lipinski definition) is 0. The summed E-state index contributed by atoms with van der Waals surface area (Å²) in [6.45, 7) is 6.61. The molecule has 1 heterocycles. The number of nitrogens with zero attached hydrogens (tertiary/aromatic N) is 1. The summed E-state index contributed by atoms with van der Waals surface area (Å²) in [6, 6.07) is 10.3. The van der Waals surface area contributed by atoms with Gasteiger partial charge in [0.05, 0.1) is 33.0 Å². The van der Waals surface area contributed by atoms with E-state index in [1.807, 2.05) is 30.0 Å². The Morgan fingerprint density at radius 3 is 2.25 bits per heavy atom. The number of amides is 1. The van der Waals surface area contributed by atoms with Gasteiger partial charge >= 0.3 is 0 Å². The fourth-order valence-corrected chi connectivity index (χ4v) is 4.81. The topological polar surface area (TPSA) is 66.5 Å². The largest absolute Gasteiger partial charge is 0.493 e. The van der Waals surface area contributed by atoms with Gasteiger partial charge < -0.3 is 28.6 Å². The highest BCUT2D eigenvalue weighted by atomic mass is 16.5. The molecule has 1 saturated heterocycles. The number of carbonyl (C=O) groups excluding carboxylic acids is 1. The Bertz CT molecular complexity index is 970. The lowest BCUT2D eigenvalue weighted by molar-refractivity contribution is 0.0301. The van der Waals surface area contributed by atoms with Crippen LogP contribution in [0.4, 0.5) is 0 Å². The van der Waals surface area contributed by atoms with E-state index in [1.165, 1.54) is 0 Å².